The Kier molecular flexibility index (Phi) is 6.11. The molecule has 0 aliphatic carbocycles. The lowest BCUT2D eigenvalue weighted by Crippen LogP contribution is -2.20. The van der Waals surface area contributed by atoms with Crippen LogP contribution in [-0.2, 0) is 16.4 Å². The van der Waals surface area contributed by atoms with E-state index in [1.807, 2.05) is 38.1 Å². The molecule has 0 spiro atoms. The predicted octanol–water partition coefficient (Wildman–Crippen LogP) is 5.61. The van der Waals surface area contributed by atoms with Crippen molar-refractivity contribution in [2.75, 3.05) is 15.4 Å². The Morgan fingerprint density at radius 1 is 1.00 bits per heavy atom. The quantitative estimate of drug-likeness (QED) is 0.344. The number of nitrogens with zero attached hydrogens (tertiary/aromatic N) is 1. The molecule has 1 heterocycles. The van der Waals surface area contributed by atoms with E-state index in [0.717, 1.165) is 27.9 Å². The number of hydrogen-bond donors (Lipinski definition) is 3. The van der Waals surface area contributed by atoms with Gasteiger partial charge >= 0.3 is 6.03 Å². The fraction of sp³-hybridized carbons (Fsp3) is 0.130. The van der Waals surface area contributed by atoms with E-state index in [2.05, 4.69) is 20.3 Å². The van der Waals surface area contributed by atoms with E-state index in [1.54, 1.807) is 42.5 Å². The molecule has 0 radical (unpaired) electrons. The lowest BCUT2D eigenvalue weighted by molar-refractivity contribution is 0.262. The Morgan fingerprint density at radius 2 is 1.75 bits per heavy atom. The summed E-state index contributed by atoms with van der Waals surface area (Å²) in [7, 11) is -3.73. The molecular formula is C23H22N4O3S2. The summed E-state index contributed by atoms with van der Waals surface area (Å²) in [6.07, 6.45) is 0.810. The van der Waals surface area contributed by atoms with Gasteiger partial charge in [-0.1, -0.05) is 54.2 Å². The second kappa shape index (κ2) is 8.97. The standard InChI is InChI=1S/C23H22N4O3S2/c1-3-16-6-4-5-7-19(16)25-22(28)24-17-10-13-20-21(14-17)31-23(26-20)27-32(29,30)18-11-8-15(2)9-12-18/h4-14H,3H2,1-2H3,(H,26,27)(H2,24,25,28). The molecular weight excluding hydrogens is 444 g/mol. The van der Waals surface area contributed by atoms with Crippen molar-refractivity contribution in [3.8, 4) is 0 Å². The van der Waals surface area contributed by atoms with Crippen LogP contribution in [0, 0.1) is 6.92 Å². The average Bonchev–Trinajstić information content (AvgIpc) is 3.15. The molecule has 0 saturated carbocycles. The zero-order valence-electron chi connectivity index (χ0n) is 17.5. The lowest BCUT2D eigenvalue weighted by Gasteiger charge is -2.10. The minimum Gasteiger partial charge on any atom is -0.308 e. The molecule has 4 aromatic rings. The molecule has 3 aromatic carbocycles. The normalized spacial score (nSPS) is 11.3. The van der Waals surface area contributed by atoms with Crippen LogP contribution in [0.4, 0.5) is 21.3 Å². The van der Waals surface area contributed by atoms with Gasteiger partial charge in [-0.15, -0.1) is 0 Å². The topological polar surface area (TPSA) is 100 Å². The maximum atomic E-state index is 12.6. The Hall–Kier alpha value is -3.43. The van der Waals surface area contributed by atoms with Gasteiger partial charge < -0.3 is 10.6 Å². The lowest BCUT2D eigenvalue weighted by atomic mass is 10.1. The van der Waals surface area contributed by atoms with Gasteiger partial charge in [0.25, 0.3) is 10.0 Å². The summed E-state index contributed by atoms with van der Waals surface area (Å²) in [5.41, 5.74) is 4.01. The minimum atomic E-state index is -3.73. The predicted molar refractivity (Wildman–Crippen MR) is 130 cm³/mol. The highest BCUT2D eigenvalue weighted by Crippen LogP contribution is 2.30. The molecule has 32 heavy (non-hydrogen) atoms. The third-order valence-electron chi connectivity index (χ3n) is 4.85. The molecule has 4 rings (SSSR count). The van der Waals surface area contributed by atoms with Gasteiger partial charge in [-0.05, 0) is 55.3 Å². The molecule has 0 saturated heterocycles. The molecule has 0 aliphatic rings. The van der Waals surface area contributed by atoms with Crippen molar-refractivity contribution in [3.63, 3.8) is 0 Å². The van der Waals surface area contributed by atoms with Gasteiger partial charge in [-0.2, -0.15) is 0 Å². The van der Waals surface area contributed by atoms with E-state index < -0.39 is 10.0 Å². The van der Waals surface area contributed by atoms with Crippen molar-refractivity contribution < 1.29 is 13.2 Å². The fourth-order valence-electron chi connectivity index (χ4n) is 3.17. The van der Waals surface area contributed by atoms with Crippen molar-refractivity contribution in [1.82, 2.24) is 4.98 Å². The second-order valence-corrected chi connectivity index (χ2v) is 9.92. The third kappa shape index (κ3) is 4.90. The van der Waals surface area contributed by atoms with Crippen molar-refractivity contribution in [2.24, 2.45) is 0 Å². The van der Waals surface area contributed by atoms with Crippen LogP contribution in [0.5, 0.6) is 0 Å². The molecule has 0 aliphatic heterocycles. The van der Waals surface area contributed by atoms with Gasteiger partial charge in [0, 0.05) is 11.4 Å². The number of anilines is 3. The number of nitrogens with one attached hydrogen (secondary N) is 3. The molecule has 3 N–H and O–H groups in total. The number of para-hydroxylation sites is 1. The number of fused-ring (bicyclic) bond motifs is 1. The van der Waals surface area contributed by atoms with Gasteiger partial charge in [-0.3, -0.25) is 4.72 Å². The van der Waals surface area contributed by atoms with Crippen LogP contribution < -0.4 is 15.4 Å². The summed E-state index contributed by atoms with van der Waals surface area (Å²) < 4.78 is 28.5. The zero-order valence-corrected chi connectivity index (χ0v) is 19.2. The van der Waals surface area contributed by atoms with E-state index in [4.69, 9.17) is 0 Å². The van der Waals surface area contributed by atoms with Crippen molar-refractivity contribution in [3.05, 3.63) is 77.9 Å². The number of aryl methyl sites for hydroxylation is 2. The maximum Gasteiger partial charge on any atom is 0.323 e. The van der Waals surface area contributed by atoms with Crippen molar-refractivity contribution in [2.45, 2.75) is 25.2 Å². The molecule has 0 bridgehead atoms. The van der Waals surface area contributed by atoms with Crippen molar-refractivity contribution >= 4 is 54.1 Å². The highest BCUT2D eigenvalue weighted by Gasteiger charge is 2.17. The monoisotopic (exact) mass is 466 g/mol. The van der Waals surface area contributed by atoms with Gasteiger partial charge in [-0.25, -0.2) is 18.2 Å². The number of hydrogen-bond acceptors (Lipinski definition) is 5. The van der Waals surface area contributed by atoms with Gasteiger partial charge in [0.15, 0.2) is 5.13 Å². The number of carbonyl (C=O) groups excluding carboxylic acids is 1. The zero-order chi connectivity index (χ0) is 22.7. The molecule has 0 atom stereocenters. The van der Waals surface area contributed by atoms with E-state index in [-0.39, 0.29) is 16.1 Å². The van der Waals surface area contributed by atoms with Gasteiger partial charge in [0.2, 0.25) is 0 Å². The van der Waals surface area contributed by atoms with Crippen LogP contribution in [0.1, 0.15) is 18.1 Å². The molecule has 2 amide bonds. The summed E-state index contributed by atoms with van der Waals surface area (Å²) in [5, 5.41) is 5.94. The third-order valence-corrected chi connectivity index (χ3v) is 7.26. The van der Waals surface area contributed by atoms with Crippen LogP contribution >= 0.6 is 11.3 Å². The number of thiazole rings is 1. The Balaban J connectivity index is 1.49. The first-order chi connectivity index (χ1) is 15.3. The van der Waals surface area contributed by atoms with E-state index >= 15 is 0 Å². The minimum absolute atomic E-state index is 0.175. The van der Waals surface area contributed by atoms with Crippen LogP contribution in [0.15, 0.2) is 71.6 Å². The smallest absolute Gasteiger partial charge is 0.308 e. The van der Waals surface area contributed by atoms with Crippen LogP contribution in [-0.4, -0.2) is 19.4 Å². The number of urea groups is 1. The van der Waals surface area contributed by atoms with E-state index in [9.17, 15) is 13.2 Å². The molecule has 0 fully saturated rings. The second-order valence-electron chi connectivity index (χ2n) is 7.21. The highest BCUT2D eigenvalue weighted by atomic mass is 32.2. The largest absolute Gasteiger partial charge is 0.323 e. The SMILES string of the molecule is CCc1ccccc1NC(=O)Nc1ccc2nc(NS(=O)(=O)c3ccc(C)cc3)sc2c1. The molecule has 0 unspecified atom stereocenters. The molecule has 7 nitrogen and oxygen atoms in total. The summed E-state index contributed by atoms with van der Waals surface area (Å²) in [6, 6.07) is 19.1. The summed E-state index contributed by atoms with van der Waals surface area (Å²) in [5.74, 6) is 0. The Bertz CT molecular complexity index is 1380. The molecule has 1 aromatic heterocycles. The van der Waals surface area contributed by atoms with E-state index in [0.29, 0.717) is 11.2 Å². The number of amides is 2. The number of rotatable bonds is 6. The molecule has 9 heteroatoms. The van der Waals surface area contributed by atoms with Crippen LogP contribution in [0.2, 0.25) is 0 Å². The number of benzene rings is 3. The highest BCUT2D eigenvalue weighted by molar-refractivity contribution is 7.93. The summed E-state index contributed by atoms with van der Waals surface area (Å²) in [4.78, 5) is 17.0. The van der Waals surface area contributed by atoms with Gasteiger partial charge in [0.05, 0.1) is 15.1 Å². The van der Waals surface area contributed by atoms with E-state index in [1.165, 1.54) is 11.3 Å². The molecule has 164 valence electrons. The average molecular weight is 467 g/mol. The van der Waals surface area contributed by atoms with Gasteiger partial charge in [0.1, 0.15) is 0 Å². The number of aromatic nitrogens is 1. The Morgan fingerprint density at radius 3 is 2.50 bits per heavy atom. The summed E-state index contributed by atoms with van der Waals surface area (Å²) in [6.45, 7) is 3.92. The van der Waals surface area contributed by atoms with Crippen molar-refractivity contribution in [1.29, 1.82) is 0 Å². The maximum absolute atomic E-state index is 12.6. The number of carbonyl (C=O) groups is 1. The number of sulfonamides is 1. The first-order valence-electron chi connectivity index (χ1n) is 10.00. The Labute approximate surface area is 190 Å². The first kappa shape index (κ1) is 21.8. The first-order valence-corrected chi connectivity index (χ1v) is 12.3. The fourth-order valence-corrected chi connectivity index (χ4v) is 5.31. The van der Waals surface area contributed by atoms with Crippen LogP contribution in [0.25, 0.3) is 10.2 Å². The van der Waals surface area contributed by atoms with Crippen LogP contribution in [0.3, 0.4) is 0 Å². The summed E-state index contributed by atoms with van der Waals surface area (Å²) >= 11 is 1.20.